The summed E-state index contributed by atoms with van der Waals surface area (Å²) in [7, 11) is 0. The Morgan fingerprint density at radius 3 is 2.26 bits per heavy atom. The Labute approximate surface area is 209 Å². The number of benzene rings is 4. The Morgan fingerprint density at radius 1 is 0.853 bits per heavy atom. The lowest BCUT2D eigenvalue weighted by Gasteiger charge is -2.15. The quantitative estimate of drug-likeness (QED) is 0.171. The lowest BCUT2D eigenvalue weighted by atomic mass is 10.00. The molecule has 0 bridgehead atoms. The largest absolute Gasteiger partial charge is 0.256 e. The molecule has 34 heavy (non-hydrogen) atoms. The van der Waals surface area contributed by atoms with Crippen molar-refractivity contribution in [1.29, 1.82) is 0 Å². The van der Waals surface area contributed by atoms with Gasteiger partial charge in [-0.1, -0.05) is 57.0 Å². The molecule has 0 saturated heterocycles. The average molecular weight is 532 g/mol. The molecule has 7 heteroatoms. The summed E-state index contributed by atoms with van der Waals surface area (Å²) >= 11 is 9.54. The van der Waals surface area contributed by atoms with Crippen LogP contribution in [-0.4, -0.2) is 21.2 Å². The van der Waals surface area contributed by atoms with Gasteiger partial charge in [-0.25, -0.2) is 9.07 Å². The van der Waals surface area contributed by atoms with Gasteiger partial charge in [0, 0.05) is 26.8 Å². The fraction of sp³-hybridized carbons (Fsp3) is 0. The maximum Gasteiger partial charge on any atom is 0.123 e. The van der Waals surface area contributed by atoms with E-state index in [2.05, 4.69) is 26.2 Å². The van der Waals surface area contributed by atoms with Crippen LogP contribution in [0.4, 0.5) is 10.1 Å². The molecule has 0 saturated carbocycles. The predicted molar refractivity (Wildman–Crippen MR) is 140 cm³/mol. The molecule has 0 aliphatic carbocycles. The van der Waals surface area contributed by atoms with E-state index < -0.39 is 0 Å². The van der Waals surface area contributed by atoms with Crippen molar-refractivity contribution in [2.75, 3.05) is 0 Å². The van der Waals surface area contributed by atoms with E-state index in [0.29, 0.717) is 5.02 Å². The molecule has 1 heterocycles. The minimum absolute atomic E-state index is 0.313. The summed E-state index contributed by atoms with van der Waals surface area (Å²) in [6.07, 6.45) is 1.79. The second-order valence-electron chi connectivity index (χ2n) is 7.50. The summed E-state index contributed by atoms with van der Waals surface area (Å²) in [5.74, 6) is -0.313. The van der Waals surface area contributed by atoms with Crippen molar-refractivity contribution in [2.45, 2.75) is 0 Å². The Kier molecular flexibility index (Phi) is 6.34. The molecule has 0 aliphatic rings. The lowest BCUT2D eigenvalue weighted by Crippen LogP contribution is -2.06. The molecule has 0 atom stereocenters. The Balaban J connectivity index is 1.80. The first-order chi connectivity index (χ1) is 16.6. The zero-order valence-electron chi connectivity index (χ0n) is 17.7. The van der Waals surface area contributed by atoms with Gasteiger partial charge >= 0.3 is 0 Å². The molecule has 0 fully saturated rings. The predicted octanol–water partition coefficient (Wildman–Crippen LogP) is 7.81. The van der Waals surface area contributed by atoms with Gasteiger partial charge in [0.15, 0.2) is 0 Å². The molecule has 4 nitrogen and oxygen atoms in total. The van der Waals surface area contributed by atoms with E-state index in [-0.39, 0.29) is 5.82 Å². The van der Waals surface area contributed by atoms with Crippen molar-refractivity contribution in [3.8, 4) is 0 Å². The third-order valence-corrected chi connectivity index (χ3v) is 6.04. The van der Waals surface area contributed by atoms with Crippen LogP contribution >= 0.6 is 27.5 Å². The molecule has 0 amide bonds. The van der Waals surface area contributed by atoms with Crippen molar-refractivity contribution >= 4 is 61.7 Å². The third kappa shape index (κ3) is 4.69. The Bertz CT molecular complexity index is 1510. The number of aromatic nitrogens is 3. The molecule has 0 aliphatic heterocycles. The molecule has 0 spiro atoms. The highest BCUT2D eigenvalue weighted by atomic mass is 79.9. The first-order valence-electron chi connectivity index (χ1n) is 10.4. The maximum atomic E-state index is 13.8. The summed E-state index contributed by atoms with van der Waals surface area (Å²) in [6.45, 7) is 0. The summed E-state index contributed by atoms with van der Waals surface area (Å²) in [5, 5.41) is 9.43. The van der Waals surface area contributed by atoms with E-state index in [1.807, 2.05) is 60.7 Å². The van der Waals surface area contributed by atoms with Crippen LogP contribution in [0.1, 0.15) is 11.1 Å². The van der Waals surface area contributed by atoms with E-state index in [1.165, 1.54) is 12.1 Å². The molecule has 0 N–H and O–H groups in total. The van der Waals surface area contributed by atoms with Gasteiger partial charge in [-0.15, -0.1) is 5.10 Å². The zero-order valence-corrected chi connectivity index (χ0v) is 20.1. The first-order valence-corrected chi connectivity index (χ1v) is 11.6. The second kappa shape index (κ2) is 9.71. The number of aliphatic imine (C=N–C) groups is 1. The number of hydrogen-bond donors (Lipinski definition) is 0. The molecule has 5 rings (SSSR count). The van der Waals surface area contributed by atoms with Crippen molar-refractivity contribution in [3.05, 3.63) is 124 Å². The van der Waals surface area contributed by atoms with Crippen LogP contribution in [0, 0.1) is 5.82 Å². The molecular formula is C27H17BrClFN4. The van der Waals surface area contributed by atoms with Gasteiger partial charge in [-0.3, -0.25) is 4.99 Å². The Morgan fingerprint density at radius 2 is 1.53 bits per heavy atom. The second-order valence-corrected chi connectivity index (χ2v) is 8.85. The summed E-state index contributed by atoms with van der Waals surface area (Å²) in [6, 6.07) is 29.3. The van der Waals surface area contributed by atoms with E-state index in [1.54, 1.807) is 35.2 Å². The zero-order chi connectivity index (χ0) is 23.5. The van der Waals surface area contributed by atoms with Crippen molar-refractivity contribution in [3.63, 3.8) is 0 Å². The van der Waals surface area contributed by atoms with Crippen LogP contribution in [0.15, 0.2) is 107 Å². The van der Waals surface area contributed by atoms with Crippen molar-refractivity contribution < 1.29 is 4.39 Å². The molecule has 5 aromatic rings. The molecular weight excluding hydrogens is 515 g/mol. The minimum Gasteiger partial charge on any atom is -0.256 e. The van der Waals surface area contributed by atoms with Gasteiger partial charge in [-0.05, 0) is 78.4 Å². The van der Waals surface area contributed by atoms with E-state index in [9.17, 15) is 4.39 Å². The number of fused-ring (bicyclic) bond motifs is 1. The van der Waals surface area contributed by atoms with Crippen LogP contribution in [0.3, 0.4) is 0 Å². The number of nitrogens with zero attached hydrogens (tertiary/aromatic N) is 4. The molecule has 1 aromatic heterocycles. The Hall–Kier alpha value is -3.61. The van der Waals surface area contributed by atoms with Gasteiger partial charge < -0.3 is 0 Å². The van der Waals surface area contributed by atoms with E-state index in [4.69, 9.17) is 16.6 Å². The van der Waals surface area contributed by atoms with E-state index in [0.717, 1.165) is 43.6 Å². The minimum atomic E-state index is -0.313. The van der Waals surface area contributed by atoms with Gasteiger partial charge in [0.1, 0.15) is 11.3 Å². The maximum absolute atomic E-state index is 13.8. The topological polar surface area (TPSA) is 43.1 Å². The van der Waals surface area contributed by atoms with Gasteiger partial charge in [0.25, 0.3) is 0 Å². The van der Waals surface area contributed by atoms with Crippen LogP contribution < -0.4 is 0 Å². The van der Waals surface area contributed by atoms with Crippen LogP contribution in [0.5, 0.6) is 0 Å². The average Bonchev–Trinajstić information content (AvgIpc) is 3.28. The van der Waals surface area contributed by atoms with Gasteiger partial charge in [0.05, 0.1) is 16.9 Å². The molecule has 0 unspecified atom stereocenters. The summed E-state index contributed by atoms with van der Waals surface area (Å²) in [5.41, 5.74) is 5.56. The normalized spacial score (nSPS) is 12.3. The van der Waals surface area contributed by atoms with E-state index >= 15 is 0 Å². The highest BCUT2D eigenvalue weighted by Gasteiger charge is 2.17. The van der Waals surface area contributed by atoms with Crippen molar-refractivity contribution in [2.24, 2.45) is 4.99 Å². The molecule has 0 radical (unpaired) electrons. The highest BCUT2D eigenvalue weighted by molar-refractivity contribution is 9.10. The standard InChI is InChI=1S/C27H17BrClFN4/c28-20-9-5-18(6-10-20)24(17-31-23-15-11-21(29)12-16-23)27(19-7-13-22(30)14-8-19)34-26-4-2-1-3-25(26)32-33-34/h1-17H/b27-24-,31-17?. The van der Waals surface area contributed by atoms with Crippen molar-refractivity contribution in [1.82, 2.24) is 15.0 Å². The van der Waals surface area contributed by atoms with Gasteiger partial charge in [0.2, 0.25) is 0 Å². The SMILES string of the molecule is Fc1ccc(/C(=C(\C=Nc2ccc(Cl)cc2)c2ccc(Br)cc2)n2nnc3ccccc32)cc1. The highest BCUT2D eigenvalue weighted by Crippen LogP contribution is 2.31. The first kappa shape index (κ1) is 22.2. The number of para-hydroxylation sites is 1. The third-order valence-electron chi connectivity index (χ3n) is 5.26. The number of rotatable bonds is 5. The lowest BCUT2D eigenvalue weighted by molar-refractivity contribution is 0.627. The summed E-state index contributed by atoms with van der Waals surface area (Å²) in [4.78, 5) is 4.71. The van der Waals surface area contributed by atoms with Crippen LogP contribution in [0.2, 0.25) is 5.02 Å². The van der Waals surface area contributed by atoms with Gasteiger partial charge in [-0.2, -0.15) is 0 Å². The summed E-state index contributed by atoms with van der Waals surface area (Å²) < 4.78 is 16.6. The fourth-order valence-corrected chi connectivity index (χ4v) is 3.99. The van der Waals surface area contributed by atoms with Crippen LogP contribution in [-0.2, 0) is 0 Å². The monoisotopic (exact) mass is 530 g/mol. The smallest absolute Gasteiger partial charge is 0.123 e. The number of hydrogen-bond acceptors (Lipinski definition) is 3. The molecule has 4 aromatic carbocycles. The fourth-order valence-electron chi connectivity index (χ4n) is 3.60. The number of allylic oxidation sites excluding steroid dienone is 1. The number of halogens is 3. The van der Waals surface area contributed by atoms with Crippen LogP contribution in [0.25, 0.3) is 22.3 Å². The molecule has 166 valence electrons.